The van der Waals surface area contributed by atoms with E-state index in [1.807, 2.05) is 19.9 Å². The molecule has 1 heterocycles. The summed E-state index contributed by atoms with van der Waals surface area (Å²) in [5.41, 5.74) is 4.61. The van der Waals surface area contributed by atoms with Gasteiger partial charge in [0.1, 0.15) is 0 Å². The van der Waals surface area contributed by atoms with Crippen LogP contribution in [0, 0.1) is 0 Å². The molecule has 1 nitrogen and oxygen atoms in total. The second kappa shape index (κ2) is 3.77. The Morgan fingerprint density at radius 3 is 2.73 bits per heavy atom. The van der Waals surface area contributed by atoms with Crippen molar-refractivity contribution in [1.82, 2.24) is 4.98 Å². The Morgan fingerprint density at radius 1 is 1.33 bits per heavy atom. The molecule has 1 N–H and O–H groups in total. The first-order valence-corrected chi connectivity index (χ1v) is 5.13. The van der Waals surface area contributed by atoms with E-state index < -0.39 is 0 Å². The van der Waals surface area contributed by atoms with E-state index in [9.17, 15) is 0 Å². The molecular weight excluding hydrogens is 182 g/mol. The van der Waals surface area contributed by atoms with E-state index in [0.29, 0.717) is 0 Å². The first-order chi connectivity index (χ1) is 7.24. The summed E-state index contributed by atoms with van der Waals surface area (Å²) in [7, 11) is 0. The monoisotopic (exact) mass is 197 g/mol. The Morgan fingerprint density at radius 2 is 2.07 bits per heavy atom. The van der Waals surface area contributed by atoms with Gasteiger partial charge in [-0.1, -0.05) is 36.9 Å². The lowest BCUT2D eigenvalue weighted by Gasteiger charge is -1.97. The van der Waals surface area contributed by atoms with Crippen molar-refractivity contribution in [3.8, 4) is 0 Å². The maximum Gasteiger partial charge on any atom is 0.0488 e. The number of para-hydroxylation sites is 1. The summed E-state index contributed by atoms with van der Waals surface area (Å²) in [5.74, 6) is 0. The van der Waals surface area contributed by atoms with Gasteiger partial charge in [-0.05, 0) is 25.5 Å². The molecule has 0 saturated heterocycles. The van der Waals surface area contributed by atoms with Crippen LogP contribution in [0.4, 0.5) is 0 Å². The van der Waals surface area contributed by atoms with E-state index in [1.54, 1.807) is 0 Å². The molecule has 0 spiro atoms. The third kappa shape index (κ3) is 1.61. The Labute approximate surface area is 90.1 Å². The van der Waals surface area contributed by atoms with Crippen molar-refractivity contribution in [3.63, 3.8) is 0 Å². The molecule has 0 aliphatic rings. The number of H-pyrrole nitrogens is 1. The maximum atomic E-state index is 4.00. The molecule has 0 bridgehead atoms. The number of aromatic amines is 1. The maximum absolute atomic E-state index is 4.00. The number of hydrogen-bond donors (Lipinski definition) is 1. The predicted octanol–water partition coefficient (Wildman–Crippen LogP) is 4.23. The van der Waals surface area contributed by atoms with E-state index in [1.165, 1.54) is 16.5 Å². The van der Waals surface area contributed by atoms with Gasteiger partial charge in [0.05, 0.1) is 0 Å². The summed E-state index contributed by atoms with van der Waals surface area (Å²) in [6, 6.07) is 8.33. The van der Waals surface area contributed by atoms with Crippen molar-refractivity contribution < 1.29 is 0 Å². The molecule has 0 fully saturated rings. The van der Waals surface area contributed by atoms with Crippen LogP contribution in [0.2, 0.25) is 0 Å². The van der Waals surface area contributed by atoms with Crippen LogP contribution in [-0.2, 0) is 0 Å². The zero-order valence-electron chi connectivity index (χ0n) is 9.17. The second-order valence-corrected chi connectivity index (χ2v) is 3.74. The van der Waals surface area contributed by atoms with Crippen LogP contribution >= 0.6 is 0 Å². The lowest BCUT2D eigenvalue weighted by molar-refractivity contribution is 1.38. The van der Waals surface area contributed by atoms with Gasteiger partial charge in [-0.25, -0.2) is 0 Å². The Bertz CT molecular complexity index is 529. The minimum atomic E-state index is 1.07. The molecule has 15 heavy (non-hydrogen) atoms. The highest BCUT2D eigenvalue weighted by atomic mass is 14.7. The standard InChI is InChI=1S/C14H15N/c1-4-7-12-11-8-5-6-9-13(11)15-14(12)10(2)3/h4-9,15H,2H2,1,3H3/b7-4-. The molecule has 2 rings (SSSR count). The van der Waals surface area contributed by atoms with Gasteiger partial charge < -0.3 is 4.98 Å². The van der Waals surface area contributed by atoms with Gasteiger partial charge >= 0.3 is 0 Å². The molecule has 0 radical (unpaired) electrons. The van der Waals surface area contributed by atoms with E-state index in [4.69, 9.17) is 0 Å². The highest BCUT2D eigenvalue weighted by Gasteiger charge is 2.08. The van der Waals surface area contributed by atoms with E-state index in [0.717, 1.165) is 11.3 Å². The van der Waals surface area contributed by atoms with Crippen molar-refractivity contribution in [2.45, 2.75) is 13.8 Å². The molecule has 0 aliphatic carbocycles. The lowest BCUT2D eigenvalue weighted by atomic mass is 10.1. The van der Waals surface area contributed by atoms with E-state index in [2.05, 4.69) is 41.9 Å². The molecule has 1 aromatic heterocycles. The molecular formula is C14H15N. The summed E-state index contributed by atoms with van der Waals surface area (Å²) in [6.45, 7) is 8.06. The van der Waals surface area contributed by atoms with Gasteiger partial charge in [0.2, 0.25) is 0 Å². The first kappa shape index (κ1) is 9.78. The Balaban J connectivity index is 2.80. The van der Waals surface area contributed by atoms with Crippen molar-refractivity contribution in [3.05, 3.63) is 48.2 Å². The van der Waals surface area contributed by atoms with Crippen LogP contribution in [0.1, 0.15) is 25.1 Å². The zero-order chi connectivity index (χ0) is 10.8. The average molecular weight is 197 g/mol. The number of nitrogens with one attached hydrogen (secondary N) is 1. The molecule has 0 unspecified atom stereocenters. The third-order valence-corrected chi connectivity index (χ3v) is 2.51. The van der Waals surface area contributed by atoms with E-state index in [-0.39, 0.29) is 0 Å². The SMILES string of the molecule is C=C(C)c1[nH]c2ccccc2c1/C=C\C. The van der Waals surface area contributed by atoms with Gasteiger partial charge in [-0.3, -0.25) is 0 Å². The second-order valence-electron chi connectivity index (χ2n) is 3.74. The highest BCUT2D eigenvalue weighted by Crippen LogP contribution is 2.27. The molecule has 0 saturated carbocycles. The molecule has 0 aliphatic heterocycles. The van der Waals surface area contributed by atoms with Crippen LogP contribution in [-0.4, -0.2) is 4.98 Å². The third-order valence-electron chi connectivity index (χ3n) is 2.51. The molecule has 0 atom stereocenters. The summed E-state index contributed by atoms with van der Waals surface area (Å²) in [4.78, 5) is 3.40. The topological polar surface area (TPSA) is 15.8 Å². The molecule has 0 amide bonds. The van der Waals surface area contributed by atoms with Crippen LogP contribution in [0.5, 0.6) is 0 Å². The molecule has 76 valence electrons. The number of fused-ring (bicyclic) bond motifs is 1. The molecule has 1 heteroatoms. The summed E-state index contributed by atoms with van der Waals surface area (Å²) < 4.78 is 0. The van der Waals surface area contributed by atoms with Crippen molar-refractivity contribution in [2.75, 3.05) is 0 Å². The predicted molar refractivity (Wildman–Crippen MR) is 67.7 cm³/mol. The summed E-state index contributed by atoms with van der Waals surface area (Å²) in [5, 5.41) is 1.26. The highest BCUT2D eigenvalue weighted by molar-refractivity contribution is 5.94. The number of rotatable bonds is 2. The number of benzene rings is 1. The molecule has 2 aromatic rings. The van der Waals surface area contributed by atoms with Crippen LogP contribution in [0.3, 0.4) is 0 Å². The summed E-state index contributed by atoms with van der Waals surface area (Å²) in [6.07, 6.45) is 4.19. The quantitative estimate of drug-likeness (QED) is 0.741. The number of aromatic nitrogens is 1. The van der Waals surface area contributed by atoms with Gasteiger partial charge in [0, 0.05) is 22.2 Å². The van der Waals surface area contributed by atoms with Gasteiger partial charge in [0.15, 0.2) is 0 Å². The number of allylic oxidation sites excluding steroid dienone is 2. The van der Waals surface area contributed by atoms with Gasteiger partial charge in [-0.15, -0.1) is 0 Å². The van der Waals surface area contributed by atoms with Crippen LogP contribution in [0.25, 0.3) is 22.6 Å². The minimum Gasteiger partial charge on any atom is -0.354 e. The smallest absolute Gasteiger partial charge is 0.0488 e. The Kier molecular flexibility index (Phi) is 2.46. The van der Waals surface area contributed by atoms with Crippen molar-refractivity contribution in [2.24, 2.45) is 0 Å². The summed E-state index contributed by atoms with van der Waals surface area (Å²) >= 11 is 0. The fraction of sp³-hybridized carbons (Fsp3) is 0.143. The van der Waals surface area contributed by atoms with Gasteiger partial charge in [-0.2, -0.15) is 0 Å². The first-order valence-electron chi connectivity index (χ1n) is 5.13. The minimum absolute atomic E-state index is 1.07. The molecule has 1 aromatic carbocycles. The fourth-order valence-electron chi connectivity index (χ4n) is 1.84. The normalized spacial score (nSPS) is 11.3. The average Bonchev–Trinajstić information content (AvgIpc) is 2.58. The van der Waals surface area contributed by atoms with Crippen molar-refractivity contribution in [1.29, 1.82) is 0 Å². The fourth-order valence-corrected chi connectivity index (χ4v) is 1.84. The zero-order valence-corrected chi connectivity index (χ0v) is 9.17. The van der Waals surface area contributed by atoms with Crippen LogP contribution < -0.4 is 0 Å². The van der Waals surface area contributed by atoms with Crippen LogP contribution in [0.15, 0.2) is 36.9 Å². The van der Waals surface area contributed by atoms with Gasteiger partial charge in [0.25, 0.3) is 0 Å². The largest absolute Gasteiger partial charge is 0.354 e. The number of hydrogen-bond acceptors (Lipinski definition) is 0. The Hall–Kier alpha value is -1.76. The van der Waals surface area contributed by atoms with E-state index >= 15 is 0 Å². The van der Waals surface area contributed by atoms with Crippen molar-refractivity contribution >= 4 is 22.6 Å². The lowest BCUT2D eigenvalue weighted by Crippen LogP contribution is -1.80.